The van der Waals surface area contributed by atoms with E-state index in [1.54, 1.807) is 24.3 Å². The maximum atomic E-state index is 15.5. The van der Waals surface area contributed by atoms with Gasteiger partial charge >= 0.3 is 0 Å². The monoisotopic (exact) mass is 499 g/mol. The van der Waals surface area contributed by atoms with Crippen LogP contribution in [0.1, 0.15) is 75.7 Å². The molecular weight excluding hydrogens is 469 g/mol. The standard InChI is InChI=1S/C27H31ClFN3O3/c1-26(2)9-8-18(23(34)14-26)13-27(29,15-30)32-25(35)19(10-16-6-7-16)12-22(33)21-11-17-4-3-5-20(28)24(17)31-21/h3-5,11,16,18-19,31H,6-10,12-14H2,1-2H3,(H,32,35)/t18-,19+,27-/m0/s1. The number of nitriles is 1. The Balaban J connectivity index is 1.45. The van der Waals surface area contributed by atoms with Crippen LogP contribution in [0.5, 0.6) is 0 Å². The number of carbonyl (C=O) groups is 3. The van der Waals surface area contributed by atoms with E-state index in [0.29, 0.717) is 41.4 Å². The predicted molar refractivity (Wildman–Crippen MR) is 131 cm³/mol. The van der Waals surface area contributed by atoms with Gasteiger partial charge in [-0.05, 0) is 42.7 Å². The lowest BCUT2D eigenvalue weighted by Gasteiger charge is -2.35. The predicted octanol–water partition coefficient (Wildman–Crippen LogP) is 5.90. The smallest absolute Gasteiger partial charge is 0.270 e. The van der Waals surface area contributed by atoms with E-state index in [4.69, 9.17) is 11.6 Å². The number of halogens is 2. The van der Waals surface area contributed by atoms with E-state index in [0.717, 1.165) is 24.6 Å². The van der Waals surface area contributed by atoms with Gasteiger partial charge in [0.2, 0.25) is 5.91 Å². The average Bonchev–Trinajstić information content (AvgIpc) is 3.49. The first-order chi connectivity index (χ1) is 16.5. The molecule has 0 saturated heterocycles. The topological polar surface area (TPSA) is 103 Å². The number of aromatic amines is 1. The van der Waals surface area contributed by atoms with Gasteiger partial charge in [0, 0.05) is 36.5 Å². The highest BCUT2D eigenvalue weighted by Gasteiger charge is 2.43. The molecule has 186 valence electrons. The minimum absolute atomic E-state index is 0.0741. The van der Waals surface area contributed by atoms with Gasteiger partial charge in [0.15, 0.2) is 5.78 Å². The van der Waals surface area contributed by atoms with Crippen LogP contribution < -0.4 is 5.32 Å². The number of aromatic nitrogens is 1. The van der Waals surface area contributed by atoms with E-state index < -0.39 is 23.5 Å². The normalized spacial score (nSPS) is 22.3. The van der Waals surface area contributed by atoms with Gasteiger partial charge in [-0.25, -0.2) is 4.39 Å². The number of benzene rings is 1. The highest BCUT2D eigenvalue weighted by Crippen LogP contribution is 2.40. The van der Waals surface area contributed by atoms with Crippen LogP contribution in [0, 0.1) is 34.5 Å². The SMILES string of the molecule is CC1(C)CC[C@@H](C[C@@](F)(C#N)NC(=O)[C@@H](CC(=O)c2cc3cccc(Cl)c3[nH]2)CC2CC2)C(=O)C1. The fourth-order valence-corrected chi connectivity index (χ4v) is 5.28. The van der Waals surface area contributed by atoms with Gasteiger partial charge < -0.3 is 10.3 Å². The molecule has 0 spiro atoms. The number of hydrogen-bond donors (Lipinski definition) is 2. The summed E-state index contributed by atoms with van der Waals surface area (Å²) in [5.74, 6) is -4.72. The molecule has 0 radical (unpaired) electrons. The number of amides is 1. The summed E-state index contributed by atoms with van der Waals surface area (Å²) in [6.45, 7) is 3.99. The minimum atomic E-state index is -2.65. The Morgan fingerprint density at radius 3 is 2.71 bits per heavy atom. The zero-order valence-electron chi connectivity index (χ0n) is 20.1. The average molecular weight is 500 g/mol. The zero-order chi connectivity index (χ0) is 25.4. The molecule has 2 aromatic rings. The number of rotatable bonds is 9. The van der Waals surface area contributed by atoms with Crippen LogP contribution in [-0.2, 0) is 9.59 Å². The minimum Gasteiger partial charge on any atom is -0.351 e. The number of nitrogens with one attached hydrogen (secondary N) is 2. The molecular formula is C27H31ClFN3O3. The third kappa shape index (κ3) is 6.10. The maximum Gasteiger partial charge on any atom is 0.270 e. The largest absolute Gasteiger partial charge is 0.351 e. The Bertz CT molecular complexity index is 1200. The van der Waals surface area contributed by atoms with Gasteiger partial charge in [0.05, 0.1) is 16.2 Å². The zero-order valence-corrected chi connectivity index (χ0v) is 20.9. The lowest BCUT2D eigenvalue weighted by molar-refractivity contribution is -0.133. The van der Waals surface area contributed by atoms with Crippen molar-refractivity contribution in [1.29, 1.82) is 5.26 Å². The Kier molecular flexibility index (Phi) is 7.06. The molecule has 0 bridgehead atoms. The maximum absolute atomic E-state index is 15.5. The summed E-state index contributed by atoms with van der Waals surface area (Å²) < 4.78 is 15.5. The second-order valence-corrected chi connectivity index (χ2v) is 11.4. The first-order valence-electron chi connectivity index (χ1n) is 12.2. The number of H-pyrrole nitrogens is 1. The fraction of sp³-hybridized carbons (Fsp3) is 0.556. The molecule has 1 aromatic carbocycles. The van der Waals surface area contributed by atoms with Crippen molar-refractivity contribution in [3.05, 3.63) is 35.0 Å². The fourth-order valence-electron chi connectivity index (χ4n) is 5.05. The Morgan fingerprint density at radius 2 is 2.09 bits per heavy atom. The molecule has 6 nitrogen and oxygen atoms in total. The molecule has 4 rings (SSSR count). The van der Waals surface area contributed by atoms with Crippen LogP contribution in [0.2, 0.25) is 5.02 Å². The summed E-state index contributed by atoms with van der Waals surface area (Å²) in [6, 6.07) is 8.61. The summed E-state index contributed by atoms with van der Waals surface area (Å²) in [4.78, 5) is 41.7. The van der Waals surface area contributed by atoms with E-state index >= 15 is 4.39 Å². The van der Waals surface area contributed by atoms with Crippen LogP contribution in [0.3, 0.4) is 0 Å². The molecule has 2 aliphatic rings. The molecule has 1 heterocycles. The molecule has 2 N–H and O–H groups in total. The quantitative estimate of drug-likeness (QED) is 0.331. The van der Waals surface area contributed by atoms with Gasteiger partial charge in [-0.1, -0.05) is 50.4 Å². The number of para-hydroxylation sites is 1. The Hall–Kier alpha value is -2.72. The Morgan fingerprint density at radius 1 is 1.34 bits per heavy atom. The third-order valence-electron chi connectivity index (χ3n) is 7.33. The number of hydrogen-bond acceptors (Lipinski definition) is 4. The molecule has 3 atom stereocenters. The van der Waals surface area contributed by atoms with Gasteiger partial charge in [-0.3, -0.25) is 14.4 Å². The van der Waals surface area contributed by atoms with Crippen molar-refractivity contribution in [2.45, 2.75) is 71.0 Å². The van der Waals surface area contributed by atoms with Crippen molar-refractivity contribution in [3.8, 4) is 6.07 Å². The molecule has 8 heteroatoms. The summed E-state index contributed by atoms with van der Waals surface area (Å²) >= 11 is 6.20. The second kappa shape index (κ2) is 9.73. The summed E-state index contributed by atoms with van der Waals surface area (Å²) in [5, 5.41) is 13.1. The van der Waals surface area contributed by atoms with Crippen LogP contribution in [0.25, 0.3) is 10.9 Å². The molecule has 1 amide bonds. The van der Waals surface area contributed by atoms with E-state index in [1.165, 1.54) is 0 Å². The van der Waals surface area contributed by atoms with Crippen molar-refractivity contribution < 1.29 is 18.8 Å². The number of Topliss-reactive ketones (excluding diaryl/α,β-unsaturated/α-hetero) is 2. The molecule has 0 aliphatic heterocycles. The molecule has 2 aliphatic carbocycles. The first kappa shape index (κ1) is 25.4. The van der Waals surface area contributed by atoms with Crippen LogP contribution >= 0.6 is 11.6 Å². The summed E-state index contributed by atoms with van der Waals surface area (Å²) in [7, 11) is 0. The second-order valence-electron chi connectivity index (χ2n) is 11.0. The number of fused-ring (bicyclic) bond motifs is 1. The van der Waals surface area contributed by atoms with Crippen molar-refractivity contribution in [1.82, 2.24) is 10.3 Å². The van der Waals surface area contributed by atoms with E-state index in [2.05, 4.69) is 10.3 Å². The number of ketones is 2. The number of nitrogens with zero attached hydrogens (tertiary/aromatic N) is 1. The van der Waals surface area contributed by atoms with Gasteiger partial charge in [0.25, 0.3) is 5.79 Å². The van der Waals surface area contributed by atoms with Gasteiger partial charge in [-0.2, -0.15) is 5.26 Å². The molecule has 2 saturated carbocycles. The number of carbonyl (C=O) groups excluding carboxylic acids is 3. The summed E-state index contributed by atoms with van der Waals surface area (Å²) in [6.07, 6.45) is 3.49. The van der Waals surface area contributed by atoms with Crippen molar-refractivity contribution in [2.24, 2.45) is 23.2 Å². The van der Waals surface area contributed by atoms with Crippen molar-refractivity contribution in [2.75, 3.05) is 0 Å². The van der Waals surface area contributed by atoms with Gasteiger partial charge in [-0.15, -0.1) is 0 Å². The highest BCUT2D eigenvalue weighted by molar-refractivity contribution is 6.35. The molecule has 2 fully saturated rings. The van der Waals surface area contributed by atoms with E-state index in [1.807, 2.05) is 19.9 Å². The third-order valence-corrected chi connectivity index (χ3v) is 7.64. The van der Waals surface area contributed by atoms with Gasteiger partial charge in [0.1, 0.15) is 11.9 Å². The van der Waals surface area contributed by atoms with Crippen LogP contribution in [0.15, 0.2) is 24.3 Å². The van der Waals surface area contributed by atoms with Crippen molar-refractivity contribution in [3.63, 3.8) is 0 Å². The molecule has 0 unspecified atom stereocenters. The number of alkyl halides is 1. The van der Waals surface area contributed by atoms with E-state index in [9.17, 15) is 19.6 Å². The molecule has 1 aromatic heterocycles. The molecule has 35 heavy (non-hydrogen) atoms. The van der Waals surface area contributed by atoms with Crippen molar-refractivity contribution >= 4 is 40.0 Å². The summed E-state index contributed by atoms with van der Waals surface area (Å²) in [5.41, 5.74) is 0.850. The lowest BCUT2D eigenvalue weighted by atomic mass is 9.70. The highest BCUT2D eigenvalue weighted by atomic mass is 35.5. The first-order valence-corrected chi connectivity index (χ1v) is 12.6. The van der Waals surface area contributed by atoms with Crippen LogP contribution in [0.4, 0.5) is 4.39 Å². The Labute approximate surface area is 209 Å². The van der Waals surface area contributed by atoms with Crippen LogP contribution in [-0.4, -0.2) is 28.3 Å². The van der Waals surface area contributed by atoms with E-state index in [-0.39, 0.29) is 29.8 Å². The lowest BCUT2D eigenvalue weighted by Crippen LogP contribution is -2.49.